The van der Waals surface area contributed by atoms with Crippen LogP contribution in [0.5, 0.6) is 0 Å². The molecule has 0 aliphatic heterocycles. The Kier molecular flexibility index (Phi) is 12.0. The van der Waals surface area contributed by atoms with Crippen LogP contribution in [0.25, 0.3) is 0 Å². The van der Waals surface area contributed by atoms with Crippen LogP contribution in [0.2, 0.25) is 0 Å². The fraction of sp³-hybridized carbons (Fsp3) is 0.333. The van der Waals surface area contributed by atoms with Crippen molar-refractivity contribution in [2.45, 2.75) is 68.7 Å². The normalized spacial score (nSPS) is 13.4. The van der Waals surface area contributed by atoms with Gasteiger partial charge >= 0.3 is 227 Å². The minimum absolute atomic E-state index is 0. The number of hydrogen-bond acceptors (Lipinski definition) is 0. The fourth-order valence-electron chi connectivity index (χ4n) is 6.36. The third kappa shape index (κ3) is 6.63. The molecule has 0 fully saturated rings. The van der Waals surface area contributed by atoms with Gasteiger partial charge < -0.3 is 37.2 Å². The van der Waals surface area contributed by atoms with E-state index in [9.17, 15) is 0 Å². The van der Waals surface area contributed by atoms with Crippen LogP contribution >= 0.6 is 0 Å². The van der Waals surface area contributed by atoms with Gasteiger partial charge in [-0.15, -0.1) is 0 Å². The average molecular weight is 618 g/mol. The van der Waals surface area contributed by atoms with E-state index in [4.69, 9.17) is 0 Å². The minimum atomic E-state index is -2.57. The van der Waals surface area contributed by atoms with Crippen molar-refractivity contribution >= 4 is 23.6 Å². The summed E-state index contributed by atoms with van der Waals surface area (Å²) in [4.78, 5) is 0. The van der Waals surface area contributed by atoms with E-state index < -0.39 is 8.07 Å². The Morgan fingerprint density at radius 2 is 0.842 bits per heavy atom. The summed E-state index contributed by atoms with van der Waals surface area (Å²) in [5.41, 5.74) is 9.77. The average Bonchev–Trinajstić information content (AvgIpc) is 3.08. The molecule has 0 heterocycles. The van der Waals surface area contributed by atoms with Crippen LogP contribution in [-0.4, -0.2) is 8.07 Å². The Morgan fingerprint density at radius 1 is 0.553 bits per heavy atom. The molecule has 0 atom stereocenters. The van der Waals surface area contributed by atoms with Gasteiger partial charge in [0, 0.05) is 0 Å². The van der Waals surface area contributed by atoms with Crippen molar-refractivity contribution in [1.82, 2.24) is 0 Å². The summed E-state index contributed by atoms with van der Waals surface area (Å²) in [6, 6.07) is 21.9. The van der Waals surface area contributed by atoms with Gasteiger partial charge in [-0.3, -0.25) is 0 Å². The Hall–Kier alpha value is -1.06. The molecule has 38 heavy (non-hydrogen) atoms. The monoisotopic (exact) mass is 616 g/mol. The van der Waals surface area contributed by atoms with Gasteiger partial charge in [-0.05, 0) is 0 Å². The molecule has 5 heteroatoms. The van der Waals surface area contributed by atoms with Crippen molar-refractivity contribution in [3.05, 3.63) is 109 Å². The summed E-state index contributed by atoms with van der Waals surface area (Å²) >= 11 is 2.33. The molecule has 0 saturated carbocycles. The van der Waals surface area contributed by atoms with E-state index >= 15 is 0 Å². The molecule has 0 amide bonds. The van der Waals surface area contributed by atoms with E-state index in [2.05, 4.69) is 143 Å². The molecule has 200 valence electrons. The standard InChI is InChI=1S/C33H39Si.3ClH.Ti/c1-22-13-23(2)17-28(16-22)34(29-18-24(3)14-25(4)19-29,30-20-26(5)15-27(6)21-30)32-12-10-11-31(32)33(7,8)9;;;;/h10,13-21H,12H2,1-9H3;3*1H;/q;;;;+3/p-3. The Labute approximate surface area is 262 Å². The molecule has 4 rings (SSSR count). The van der Waals surface area contributed by atoms with Gasteiger partial charge in [-0.25, -0.2) is 0 Å². The summed E-state index contributed by atoms with van der Waals surface area (Å²) in [6.07, 6.45) is 3.53. The second-order valence-corrected chi connectivity index (χ2v) is 16.5. The first-order valence-corrected chi connectivity index (χ1v) is 15.5. The van der Waals surface area contributed by atoms with Gasteiger partial charge in [-0.2, -0.15) is 0 Å². The zero-order valence-electron chi connectivity index (χ0n) is 24.1. The molecule has 0 aromatic heterocycles. The zero-order chi connectivity index (χ0) is 25.7. The number of rotatable bonds is 4. The predicted octanol–water partition coefficient (Wildman–Crippen LogP) is -2.26. The molecule has 0 radical (unpaired) electrons. The van der Waals surface area contributed by atoms with Crippen LogP contribution < -0.4 is 52.8 Å². The molecule has 0 nitrogen and oxygen atoms in total. The summed E-state index contributed by atoms with van der Waals surface area (Å²) < 4.78 is 1.46. The zero-order valence-corrected chi connectivity index (χ0v) is 28.9. The number of benzene rings is 3. The number of aryl methyl sites for hydroxylation is 6. The topological polar surface area (TPSA) is 0 Å². The van der Waals surface area contributed by atoms with Crippen molar-refractivity contribution in [3.63, 3.8) is 0 Å². The Morgan fingerprint density at radius 3 is 1.11 bits per heavy atom. The fourth-order valence-corrected chi connectivity index (χ4v) is 13.5. The van der Waals surface area contributed by atoms with Crippen molar-refractivity contribution in [3.8, 4) is 0 Å². The predicted molar refractivity (Wildman–Crippen MR) is 152 cm³/mol. The summed E-state index contributed by atoms with van der Waals surface area (Å²) in [5.74, 6) is 0. The molecule has 0 N–H and O–H groups in total. The minimum Gasteiger partial charge on any atom is -1.00 e. The van der Waals surface area contributed by atoms with Crippen LogP contribution in [-0.2, 0) is 20.4 Å². The summed E-state index contributed by atoms with van der Waals surface area (Å²) in [5, 5.41) is 6.22. The second kappa shape index (κ2) is 13.1. The van der Waals surface area contributed by atoms with Gasteiger partial charge in [0.25, 0.3) is 0 Å². The maximum atomic E-state index is 2.50. The van der Waals surface area contributed by atoms with Crippen LogP contribution in [0.3, 0.4) is 0 Å². The quantitative estimate of drug-likeness (QED) is 0.229. The van der Waals surface area contributed by atoms with Crippen molar-refractivity contribution in [2.75, 3.05) is 0 Å². The van der Waals surface area contributed by atoms with Crippen molar-refractivity contribution in [1.29, 1.82) is 0 Å². The molecule has 0 bridgehead atoms. The first kappa shape index (κ1) is 35.0. The van der Waals surface area contributed by atoms with Gasteiger partial charge in [0.1, 0.15) is 0 Å². The number of hydrogen-bond donors (Lipinski definition) is 0. The van der Waals surface area contributed by atoms with Gasteiger partial charge in [-0.1, -0.05) is 0 Å². The Balaban J connectivity index is 0.00000241. The van der Waals surface area contributed by atoms with Crippen LogP contribution in [0, 0.1) is 47.0 Å². The first-order chi connectivity index (χ1) is 16.3. The van der Waals surface area contributed by atoms with Crippen molar-refractivity contribution < 1.29 is 57.7 Å². The second-order valence-electron chi connectivity index (χ2n) is 11.8. The molecule has 3 aromatic rings. The number of allylic oxidation sites excluding steroid dienone is 4. The third-order valence-corrected chi connectivity index (χ3v) is 12.8. The van der Waals surface area contributed by atoms with E-state index in [1.807, 2.05) is 0 Å². The van der Waals surface area contributed by atoms with E-state index in [0.29, 0.717) is 0 Å². The molecule has 0 unspecified atom stereocenters. The van der Waals surface area contributed by atoms with Gasteiger partial charge in [0.15, 0.2) is 0 Å². The maximum Gasteiger partial charge on any atom is -1.00 e. The molecule has 1 aliphatic rings. The van der Waals surface area contributed by atoms with Gasteiger partial charge in [0.05, 0.1) is 0 Å². The van der Waals surface area contributed by atoms with E-state index in [0.717, 1.165) is 6.42 Å². The first-order valence-electron chi connectivity index (χ1n) is 12.7. The SMILES string of the molecule is Cc1cc(C)cc([Si](C2=C(C(C)(C)C)[C]([Ti+3])=CC2)(c2cc(C)cc(C)c2)c2cc(C)cc(C)c2)c1.[Cl-].[Cl-].[Cl-]. The maximum absolute atomic E-state index is 2.57. The molecule has 0 spiro atoms. The summed E-state index contributed by atoms with van der Waals surface area (Å²) in [7, 11) is -2.57. The van der Waals surface area contributed by atoms with Crippen LogP contribution in [0.4, 0.5) is 0 Å². The smallest absolute Gasteiger partial charge is 1.00 e. The van der Waals surface area contributed by atoms with E-state index in [-0.39, 0.29) is 42.6 Å². The van der Waals surface area contributed by atoms with E-state index in [1.54, 1.807) is 10.8 Å². The molecule has 0 saturated heterocycles. The largest absolute Gasteiger partial charge is 1.00 e. The Bertz CT molecular complexity index is 1190. The summed E-state index contributed by atoms with van der Waals surface area (Å²) in [6.45, 7) is 20.8. The number of halogens is 3. The molecule has 1 aliphatic carbocycles. The van der Waals surface area contributed by atoms with Crippen LogP contribution in [0.1, 0.15) is 60.6 Å². The molecular weight excluding hydrogens is 579 g/mol. The van der Waals surface area contributed by atoms with E-state index in [1.165, 1.54) is 52.8 Å². The molecule has 3 aromatic carbocycles. The van der Waals surface area contributed by atoms with Crippen LogP contribution in [0.15, 0.2) is 75.3 Å². The van der Waals surface area contributed by atoms with Gasteiger partial charge in [0.2, 0.25) is 0 Å². The molecular formula is C33H39Cl3SiTi. The third-order valence-electron chi connectivity index (χ3n) is 7.25. The van der Waals surface area contributed by atoms with Crippen molar-refractivity contribution in [2.24, 2.45) is 5.41 Å².